The van der Waals surface area contributed by atoms with Crippen LogP contribution in [0.5, 0.6) is 5.75 Å². The lowest BCUT2D eigenvalue weighted by molar-refractivity contribution is -0.120. The van der Waals surface area contributed by atoms with Gasteiger partial charge in [-0.3, -0.25) is 9.10 Å². The molecule has 26 heavy (non-hydrogen) atoms. The summed E-state index contributed by atoms with van der Waals surface area (Å²) < 4.78 is 31.2. The second-order valence-corrected chi connectivity index (χ2v) is 8.63. The minimum atomic E-state index is -3.60. The van der Waals surface area contributed by atoms with Crippen molar-refractivity contribution in [2.45, 2.75) is 13.0 Å². The van der Waals surface area contributed by atoms with Crippen LogP contribution in [0.4, 0.5) is 5.69 Å². The maximum absolute atomic E-state index is 12.4. The average Bonchev–Trinajstić information content (AvgIpc) is 2.58. The molecule has 0 bridgehead atoms. The molecular formula is C18H21BrN2O4S. The van der Waals surface area contributed by atoms with E-state index >= 15 is 0 Å². The van der Waals surface area contributed by atoms with E-state index in [2.05, 4.69) is 21.2 Å². The molecule has 0 heterocycles. The van der Waals surface area contributed by atoms with Gasteiger partial charge in [0, 0.05) is 4.47 Å². The molecule has 2 rings (SSSR count). The first-order valence-electron chi connectivity index (χ1n) is 7.87. The van der Waals surface area contributed by atoms with Gasteiger partial charge in [-0.2, -0.15) is 0 Å². The summed E-state index contributed by atoms with van der Waals surface area (Å²) in [5.74, 6) is 0.337. The summed E-state index contributed by atoms with van der Waals surface area (Å²) in [5.41, 5.74) is 1.32. The largest absolute Gasteiger partial charge is 0.497 e. The maximum atomic E-state index is 12.4. The molecule has 0 radical (unpaired) electrons. The molecule has 6 nitrogen and oxygen atoms in total. The van der Waals surface area contributed by atoms with Crippen molar-refractivity contribution in [3.8, 4) is 5.75 Å². The molecule has 0 aliphatic heterocycles. The lowest BCUT2D eigenvalue weighted by Crippen LogP contribution is -2.41. The third kappa shape index (κ3) is 5.47. The van der Waals surface area contributed by atoms with Gasteiger partial charge in [-0.05, 0) is 42.8 Å². The molecule has 0 unspecified atom stereocenters. The van der Waals surface area contributed by atoms with Gasteiger partial charge in [0.1, 0.15) is 12.3 Å². The lowest BCUT2D eigenvalue weighted by atomic mass is 10.1. The molecule has 140 valence electrons. The van der Waals surface area contributed by atoms with E-state index in [-0.39, 0.29) is 12.6 Å². The Hall–Kier alpha value is -2.06. The highest BCUT2D eigenvalue weighted by atomic mass is 79.9. The number of halogens is 1. The van der Waals surface area contributed by atoms with Crippen molar-refractivity contribution < 1.29 is 17.9 Å². The van der Waals surface area contributed by atoms with E-state index in [0.29, 0.717) is 5.69 Å². The van der Waals surface area contributed by atoms with Gasteiger partial charge in [0.2, 0.25) is 15.9 Å². The van der Waals surface area contributed by atoms with Crippen LogP contribution in [0.25, 0.3) is 0 Å². The smallest absolute Gasteiger partial charge is 0.241 e. The first-order valence-corrected chi connectivity index (χ1v) is 10.5. The number of hydrogen-bond donors (Lipinski definition) is 1. The Morgan fingerprint density at radius 1 is 1.23 bits per heavy atom. The number of carbonyl (C=O) groups excluding carboxylic acids is 1. The molecule has 8 heteroatoms. The molecule has 1 amide bonds. The minimum absolute atomic E-state index is 0.266. The summed E-state index contributed by atoms with van der Waals surface area (Å²) in [6, 6.07) is 13.9. The van der Waals surface area contributed by atoms with Gasteiger partial charge < -0.3 is 10.1 Å². The van der Waals surface area contributed by atoms with Crippen LogP contribution in [-0.4, -0.2) is 34.2 Å². The van der Waals surface area contributed by atoms with Crippen LogP contribution in [0.2, 0.25) is 0 Å². The second kappa shape index (κ2) is 8.55. The second-order valence-electron chi connectivity index (χ2n) is 5.81. The van der Waals surface area contributed by atoms with Crippen molar-refractivity contribution in [3.05, 3.63) is 58.6 Å². The number of anilines is 1. The Morgan fingerprint density at radius 3 is 2.42 bits per heavy atom. The van der Waals surface area contributed by atoms with E-state index in [1.807, 2.05) is 31.2 Å². The number of rotatable bonds is 7. The van der Waals surface area contributed by atoms with Crippen LogP contribution in [-0.2, 0) is 14.8 Å². The van der Waals surface area contributed by atoms with Gasteiger partial charge >= 0.3 is 0 Å². The van der Waals surface area contributed by atoms with Crippen molar-refractivity contribution in [1.82, 2.24) is 5.32 Å². The van der Waals surface area contributed by atoms with Crippen LogP contribution in [0.1, 0.15) is 18.5 Å². The summed E-state index contributed by atoms with van der Waals surface area (Å²) in [6.45, 7) is 1.54. The predicted octanol–water partition coefficient (Wildman–Crippen LogP) is 3.10. The standard InChI is InChI=1S/C18H21BrN2O4S/c1-13(14-7-9-17(25-2)10-8-14)20-18(22)12-21(26(3,23)24)16-6-4-5-15(19)11-16/h4-11,13H,12H2,1-3H3,(H,20,22)/t13-/m0/s1. The van der Waals surface area contributed by atoms with E-state index in [0.717, 1.165) is 26.3 Å². The molecule has 1 atom stereocenters. The minimum Gasteiger partial charge on any atom is -0.497 e. The Morgan fingerprint density at radius 2 is 1.88 bits per heavy atom. The number of carbonyl (C=O) groups is 1. The molecule has 0 aromatic heterocycles. The highest BCUT2D eigenvalue weighted by molar-refractivity contribution is 9.10. The Labute approximate surface area is 162 Å². The number of hydrogen-bond acceptors (Lipinski definition) is 4. The van der Waals surface area contributed by atoms with E-state index in [1.54, 1.807) is 31.4 Å². The van der Waals surface area contributed by atoms with Crippen molar-refractivity contribution in [1.29, 1.82) is 0 Å². The van der Waals surface area contributed by atoms with Gasteiger partial charge in [-0.15, -0.1) is 0 Å². The number of benzene rings is 2. The third-order valence-electron chi connectivity index (χ3n) is 3.78. The van der Waals surface area contributed by atoms with Crippen molar-refractivity contribution in [2.24, 2.45) is 0 Å². The summed E-state index contributed by atoms with van der Waals surface area (Å²) in [7, 11) is -2.02. The predicted molar refractivity (Wildman–Crippen MR) is 106 cm³/mol. The first kappa shape index (κ1) is 20.3. The molecule has 2 aromatic rings. The summed E-state index contributed by atoms with van der Waals surface area (Å²) in [4.78, 5) is 12.4. The Kier molecular flexibility index (Phi) is 6.66. The molecule has 1 N–H and O–H groups in total. The molecular weight excluding hydrogens is 420 g/mol. The van der Waals surface area contributed by atoms with Crippen LogP contribution >= 0.6 is 15.9 Å². The van der Waals surface area contributed by atoms with Crippen LogP contribution in [0.15, 0.2) is 53.0 Å². The van der Waals surface area contributed by atoms with E-state index in [1.165, 1.54) is 0 Å². The summed E-state index contributed by atoms with van der Waals surface area (Å²) in [5, 5.41) is 2.82. The van der Waals surface area contributed by atoms with Crippen LogP contribution in [0, 0.1) is 0 Å². The molecule has 0 fully saturated rings. The van der Waals surface area contributed by atoms with Crippen molar-refractivity contribution >= 4 is 37.5 Å². The fraction of sp³-hybridized carbons (Fsp3) is 0.278. The zero-order chi connectivity index (χ0) is 19.3. The average molecular weight is 441 g/mol. The van der Waals surface area contributed by atoms with Gasteiger partial charge in [-0.25, -0.2) is 8.42 Å². The third-order valence-corrected chi connectivity index (χ3v) is 5.41. The monoisotopic (exact) mass is 440 g/mol. The SMILES string of the molecule is COc1ccc([C@H](C)NC(=O)CN(c2cccc(Br)c2)S(C)(=O)=O)cc1. The number of ether oxygens (including phenoxy) is 1. The zero-order valence-electron chi connectivity index (χ0n) is 14.8. The number of nitrogens with one attached hydrogen (secondary N) is 1. The molecule has 0 aliphatic carbocycles. The highest BCUT2D eigenvalue weighted by Gasteiger charge is 2.22. The topological polar surface area (TPSA) is 75.7 Å². The maximum Gasteiger partial charge on any atom is 0.241 e. The number of sulfonamides is 1. The number of methoxy groups -OCH3 is 1. The van der Waals surface area contributed by atoms with E-state index < -0.39 is 15.9 Å². The van der Waals surface area contributed by atoms with Crippen LogP contribution in [0.3, 0.4) is 0 Å². The van der Waals surface area contributed by atoms with Crippen molar-refractivity contribution in [2.75, 3.05) is 24.2 Å². The normalized spacial score (nSPS) is 12.3. The Balaban J connectivity index is 2.11. The summed E-state index contributed by atoms with van der Waals surface area (Å²) in [6.07, 6.45) is 1.08. The first-order chi connectivity index (χ1) is 12.2. The zero-order valence-corrected chi connectivity index (χ0v) is 17.2. The van der Waals surface area contributed by atoms with Gasteiger partial charge in [0.05, 0.1) is 25.1 Å². The quantitative estimate of drug-likeness (QED) is 0.717. The number of nitrogens with zero attached hydrogens (tertiary/aromatic N) is 1. The van der Waals surface area contributed by atoms with E-state index in [4.69, 9.17) is 4.74 Å². The van der Waals surface area contributed by atoms with Gasteiger partial charge in [-0.1, -0.05) is 34.1 Å². The molecule has 0 spiro atoms. The van der Waals surface area contributed by atoms with Gasteiger partial charge in [0.15, 0.2) is 0 Å². The van der Waals surface area contributed by atoms with Crippen molar-refractivity contribution in [3.63, 3.8) is 0 Å². The molecule has 0 saturated heterocycles. The molecule has 0 aliphatic rings. The molecule has 2 aromatic carbocycles. The number of amides is 1. The van der Waals surface area contributed by atoms with Crippen LogP contribution < -0.4 is 14.4 Å². The van der Waals surface area contributed by atoms with Gasteiger partial charge in [0.25, 0.3) is 0 Å². The molecule has 0 saturated carbocycles. The fourth-order valence-corrected chi connectivity index (χ4v) is 3.66. The Bertz CT molecular complexity index is 869. The lowest BCUT2D eigenvalue weighted by Gasteiger charge is -2.23. The van der Waals surface area contributed by atoms with E-state index in [9.17, 15) is 13.2 Å². The summed E-state index contributed by atoms with van der Waals surface area (Å²) >= 11 is 3.31. The highest BCUT2D eigenvalue weighted by Crippen LogP contribution is 2.22. The fourth-order valence-electron chi connectivity index (χ4n) is 2.42.